The molecule has 2 aliphatic rings. The first-order chi connectivity index (χ1) is 19.5. The molecular weight excluding hydrogens is 521 g/mol. The first-order valence-electron chi connectivity index (χ1n) is 14.0. The standard InChI is InChI=1S/C31H34FN7O2/c1-16-10-19(30-36-38-39(37-30)15-31(4,5)41)11-17(2)28(16)20-6-8-24(32)29-21(20)7-9-25(29)35-27-14-33-26(13-34-27)23-12-22(23)18(3)40/h6,8,10-11,13-14,22-23,25,41H,7,9,12,15H2,1-5H3,(H,34,35)/t22-,23+,25-/m1/s1. The number of anilines is 1. The van der Waals surface area contributed by atoms with Crippen LogP contribution in [0.25, 0.3) is 22.5 Å². The third-order valence-corrected chi connectivity index (χ3v) is 8.06. The summed E-state index contributed by atoms with van der Waals surface area (Å²) in [6, 6.07) is 7.27. The molecule has 0 aliphatic heterocycles. The van der Waals surface area contributed by atoms with Gasteiger partial charge in [-0.25, -0.2) is 9.37 Å². The van der Waals surface area contributed by atoms with E-state index in [1.807, 2.05) is 32.0 Å². The van der Waals surface area contributed by atoms with E-state index in [0.717, 1.165) is 58.3 Å². The molecule has 2 heterocycles. The molecular formula is C31H34FN7O2. The Morgan fingerprint density at radius 1 is 1.17 bits per heavy atom. The van der Waals surface area contributed by atoms with Gasteiger partial charge in [0.2, 0.25) is 5.82 Å². The van der Waals surface area contributed by atoms with Gasteiger partial charge in [0, 0.05) is 23.0 Å². The van der Waals surface area contributed by atoms with Crippen molar-refractivity contribution in [1.29, 1.82) is 0 Å². The zero-order valence-corrected chi connectivity index (χ0v) is 23.9. The Kier molecular flexibility index (Phi) is 6.68. The third kappa shape index (κ3) is 5.36. The third-order valence-electron chi connectivity index (χ3n) is 8.06. The van der Waals surface area contributed by atoms with Crippen LogP contribution in [0.5, 0.6) is 0 Å². The number of ketones is 1. The molecule has 2 aromatic carbocycles. The molecule has 2 N–H and O–H groups in total. The lowest BCUT2D eigenvalue weighted by Gasteiger charge is -2.18. The molecule has 212 valence electrons. The number of nitrogens with zero attached hydrogens (tertiary/aromatic N) is 6. The summed E-state index contributed by atoms with van der Waals surface area (Å²) < 4.78 is 15.3. The number of aliphatic hydroxyl groups is 1. The van der Waals surface area contributed by atoms with Crippen LogP contribution in [0.3, 0.4) is 0 Å². The number of halogens is 1. The number of tetrazole rings is 1. The minimum absolute atomic E-state index is 0.0576. The lowest BCUT2D eigenvalue weighted by molar-refractivity contribution is -0.118. The number of fused-ring (bicyclic) bond motifs is 1. The second-order valence-electron chi connectivity index (χ2n) is 12.0. The summed E-state index contributed by atoms with van der Waals surface area (Å²) in [4.78, 5) is 22.1. The number of hydrogen-bond acceptors (Lipinski definition) is 8. The van der Waals surface area contributed by atoms with Crippen LogP contribution >= 0.6 is 0 Å². The monoisotopic (exact) mass is 555 g/mol. The average molecular weight is 556 g/mol. The Morgan fingerprint density at radius 3 is 2.56 bits per heavy atom. The van der Waals surface area contributed by atoms with Crippen molar-refractivity contribution < 1.29 is 14.3 Å². The molecule has 1 saturated carbocycles. The van der Waals surface area contributed by atoms with Gasteiger partial charge in [-0.2, -0.15) is 4.80 Å². The Labute approximate surface area is 238 Å². The molecule has 2 aliphatic carbocycles. The summed E-state index contributed by atoms with van der Waals surface area (Å²) in [5.74, 6) is 1.27. The zero-order valence-electron chi connectivity index (χ0n) is 23.9. The molecule has 4 aromatic rings. The largest absolute Gasteiger partial charge is 0.388 e. The van der Waals surface area contributed by atoms with E-state index in [1.54, 1.807) is 39.2 Å². The number of aromatic nitrogens is 6. The first kappa shape index (κ1) is 27.1. The molecule has 0 unspecified atom stereocenters. The summed E-state index contributed by atoms with van der Waals surface area (Å²) in [6.45, 7) is 9.34. The van der Waals surface area contributed by atoms with Crippen LogP contribution < -0.4 is 5.32 Å². The van der Waals surface area contributed by atoms with Crippen LogP contribution in [0.1, 0.15) is 73.5 Å². The van der Waals surface area contributed by atoms with E-state index < -0.39 is 5.60 Å². The Balaban J connectivity index is 1.26. The highest BCUT2D eigenvalue weighted by molar-refractivity contribution is 5.82. The van der Waals surface area contributed by atoms with Crippen LogP contribution in [0, 0.1) is 25.6 Å². The highest BCUT2D eigenvalue weighted by Crippen LogP contribution is 2.47. The predicted octanol–water partition coefficient (Wildman–Crippen LogP) is 5.12. The van der Waals surface area contributed by atoms with E-state index >= 15 is 4.39 Å². The predicted molar refractivity (Wildman–Crippen MR) is 153 cm³/mol. The van der Waals surface area contributed by atoms with Crippen molar-refractivity contribution in [2.24, 2.45) is 5.92 Å². The van der Waals surface area contributed by atoms with Gasteiger partial charge in [-0.05, 0) is 105 Å². The Hall–Kier alpha value is -4.05. The number of benzene rings is 2. The maximum atomic E-state index is 15.3. The van der Waals surface area contributed by atoms with Crippen molar-refractivity contribution in [2.75, 3.05) is 5.32 Å². The first-order valence-corrected chi connectivity index (χ1v) is 14.0. The van der Waals surface area contributed by atoms with Gasteiger partial charge in [0.25, 0.3) is 0 Å². The summed E-state index contributed by atoms with van der Waals surface area (Å²) in [6.07, 6.45) is 5.72. The van der Waals surface area contributed by atoms with Crippen molar-refractivity contribution in [3.05, 3.63) is 70.4 Å². The number of hydrogen-bond donors (Lipinski definition) is 2. The SMILES string of the molecule is CC(=O)[C@H]1C[C@@H]1c1cnc(N[C@@H]2CCc3c(-c4c(C)cc(-c5nnn(CC(C)(C)O)n5)cc4C)ccc(F)c32)cn1. The van der Waals surface area contributed by atoms with Crippen LogP contribution in [-0.4, -0.2) is 46.7 Å². The summed E-state index contributed by atoms with van der Waals surface area (Å²) >= 11 is 0. The van der Waals surface area contributed by atoms with Crippen molar-refractivity contribution >= 4 is 11.6 Å². The topological polar surface area (TPSA) is 119 Å². The second-order valence-corrected chi connectivity index (χ2v) is 12.0. The van der Waals surface area contributed by atoms with Crippen LogP contribution in [0.2, 0.25) is 0 Å². The molecule has 0 spiro atoms. The Morgan fingerprint density at radius 2 is 1.93 bits per heavy atom. The summed E-state index contributed by atoms with van der Waals surface area (Å²) in [7, 11) is 0. The molecule has 3 atom stereocenters. The van der Waals surface area contributed by atoms with Gasteiger partial charge < -0.3 is 10.4 Å². The minimum atomic E-state index is -0.949. The molecule has 9 nitrogen and oxygen atoms in total. The normalized spacial score (nSPS) is 19.7. The van der Waals surface area contributed by atoms with Crippen molar-refractivity contribution in [1.82, 2.24) is 30.2 Å². The van der Waals surface area contributed by atoms with E-state index in [0.29, 0.717) is 17.2 Å². The molecule has 1 fully saturated rings. The molecule has 0 saturated heterocycles. The van der Waals surface area contributed by atoms with Gasteiger partial charge in [-0.15, -0.1) is 10.2 Å². The van der Waals surface area contributed by atoms with E-state index in [9.17, 15) is 9.90 Å². The minimum Gasteiger partial charge on any atom is -0.388 e. The quantitative estimate of drug-likeness (QED) is 0.308. The number of carbonyl (C=O) groups excluding carboxylic acids is 1. The number of aryl methyl sites for hydroxylation is 2. The van der Waals surface area contributed by atoms with Crippen LogP contribution in [0.15, 0.2) is 36.7 Å². The molecule has 10 heteroatoms. The molecule has 2 aromatic heterocycles. The van der Waals surface area contributed by atoms with Gasteiger partial charge in [0.15, 0.2) is 0 Å². The summed E-state index contributed by atoms with van der Waals surface area (Å²) in [5.41, 5.74) is 6.57. The molecule has 41 heavy (non-hydrogen) atoms. The van der Waals surface area contributed by atoms with Crippen molar-refractivity contribution in [3.8, 4) is 22.5 Å². The smallest absolute Gasteiger partial charge is 0.204 e. The number of rotatable bonds is 8. The number of carbonyl (C=O) groups is 1. The van der Waals surface area contributed by atoms with Gasteiger partial charge in [-0.1, -0.05) is 6.07 Å². The van der Waals surface area contributed by atoms with Gasteiger partial charge in [0.1, 0.15) is 17.4 Å². The van der Waals surface area contributed by atoms with E-state index in [2.05, 4.69) is 30.7 Å². The van der Waals surface area contributed by atoms with Gasteiger partial charge in [-0.3, -0.25) is 9.78 Å². The molecule has 6 rings (SSSR count). The van der Waals surface area contributed by atoms with Crippen LogP contribution in [-0.2, 0) is 17.8 Å². The maximum absolute atomic E-state index is 15.3. The fraction of sp³-hybridized carbons (Fsp3) is 0.419. The maximum Gasteiger partial charge on any atom is 0.204 e. The lowest BCUT2D eigenvalue weighted by Crippen LogP contribution is -2.27. The molecule has 0 radical (unpaired) electrons. The lowest BCUT2D eigenvalue weighted by atomic mass is 9.89. The number of nitrogens with one attached hydrogen (secondary N) is 1. The van der Waals surface area contributed by atoms with Crippen molar-refractivity contribution in [3.63, 3.8) is 0 Å². The molecule has 0 bridgehead atoms. The molecule has 0 amide bonds. The average Bonchev–Trinajstić information content (AvgIpc) is 3.40. The van der Waals surface area contributed by atoms with Gasteiger partial charge in [0.05, 0.1) is 36.3 Å². The number of Topliss-reactive ketones (excluding diaryl/α,β-unsaturated/α-hetero) is 1. The van der Waals surface area contributed by atoms with E-state index in [-0.39, 0.29) is 36.0 Å². The highest BCUT2D eigenvalue weighted by Gasteiger charge is 2.43. The van der Waals surface area contributed by atoms with Gasteiger partial charge >= 0.3 is 0 Å². The van der Waals surface area contributed by atoms with E-state index in [1.165, 1.54) is 4.80 Å². The second kappa shape index (κ2) is 10.1. The van der Waals surface area contributed by atoms with E-state index in [4.69, 9.17) is 0 Å². The van der Waals surface area contributed by atoms with Crippen LogP contribution in [0.4, 0.5) is 10.2 Å². The summed E-state index contributed by atoms with van der Waals surface area (Å²) in [5, 5.41) is 26.2. The fourth-order valence-corrected chi connectivity index (χ4v) is 6.14. The van der Waals surface area contributed by atoms with Crippen molar-refractivity contribution in [2.45, 2.75) is 78.0 Å². The zero-order chi connectivity index (χ0) is 29.1. The fourth-order valence-electron chi connectivity index (χ4n) is 6.14. The Bertz CT molecular complexity index is 1620. The highest BCUT2D eigenvalue weighted by atomic mass is 19.1.